The van der Waals surface area contributed by atoms with Crippen LogP contribution in [0.2, 0.25) is 0 Å². The number of hydrogen-bond acceptors (Lipinski definition) is 6. The molecule has 2 heterocycles. The molecule has 0 atom stereocenters. The first-order valence-electron chi connectivity index (χ1n) is 10.5. The number of hydrogen-bond donors (Lipinski definition) is 0. The van der Waals surface area contributed by atoms with E-state index in [1.165, 1.54) is 6.33 Å². The fourth-order valence-electron chi connectivity index (χ4n) is 4.03. The first-order valence-corrected chi connectivity index (χ1v) is 12.8. The van der Waals surface area contributed by atoms with Crippen LogP contribution in [0, 0.1) is 6.92 Å². The van der Waals surface area contributed by atoms with Gasteiger partial charge in [-0.1, -0.05) is 6.07 Å². The highest BCUT2D eigenvalue weighted by molar-refractivity contribution is 7.92. The molecule has 0 spiro atoms. The highest BCUT2D eigenvalue weighted by atomic mass is 32.2. The minimum Gasteiger partial charge on any atom is -0.474 e. The normalized spacial score (nSPS) is 16.8. The smallest absolute Gasteiger partial charge is 0.248 e. The second kappa shape index (κ2) is 8.69. The molecule has 0 radical (unpaired) electrons. The quantitative estimate of drug-likeness (QED) is 0.520. The number of rotatable bonds is 5. The molecule has 1 aliphatic rings. The zero-order valence-electron chi connectivity index (χ0n) is 18.3. The van der Waals surface area contributed by atoms with Crippen molar-refractivity contribution in [3.8, 4) is 5.88 Å². The maximum atomic E-state index is 13.5. The molecule has 0 bridgehead atoms. The molecule has 1 saturated carbocycles. The van der Waals surface area contributed by atoms with Crippen LogP contribution in [0.15, 0.2) is 41.2 Å². The van der Waals surface area contributed by atoms with Crippen molar-refractivity contribution in [1.82, 2.24) is 15.0 Å². The summed E-state index contributed by atoms with van der Waals surface area (Å²) in [5.41, 5.74) is 3.91. The number of ether oxygens (including phenoxy) is 1. The number of benzene rings is 1. The molecule has 0 aliphatic heterocycles. The maximum absolute atomic E-state index is 13.5. The van der Waals surface area contributed by atoms with E-state index in [9.17, 15) is 13.0 Å². The number of pyridine rings is 1. The molecular weight excluding hydrogens is 434 g/mol. The van der Waals surface area contributed by atoms with Crippen LogP contribution >= 0.6 is 0 Å². The monoisotopic (exact) mass is 460 g/mol. The first kappa shape index (κ1) is 22.5. The summed E-state index contributed by atoms with van der Waals surface area (Å²) in [6.45, 7) is 1.95. The number of aryl methyl sites for hydroxylation is 1. The number of halogens is 2. The van der Waals surface area contributed by atoms with Gasteiger partial charge in [-0.3, -0.25) is 0 Å². The van der Waals surface area contributed by atoms with Gasteiger partial charge < -0.3 is 4.74 Å². The van der Waals surface area contributed by atoms with E-state index in [0.717, 1.165) is 27.7 Å². The predicted octanol–water partition coefficient (Wildman–Crippen LogP) is 5.24. The highest BCUT2D eigenvalue weighted by Gasteiger charge is 2.36. The molecule has 4 rings (SSSR count). The third-order valence-electron chi connectivity index (χ3n) is 5.47. The summed E-state index contributed by atoms with van der Waals surface area (Å²) >= 11 is 0. The average molecular weight is 461 g/mol. The Hall–Kier alpha value is -2.68. The Morgan fingerprint density at radius 3 is 2.66 bits per heavy atom. The van der Waals surface area contributed by atoms with Crippen LogP contribution < -0.4 is 4.74 Å². The van der Waals surface area contributed by atoms with Gasteiger partial charge in [0.2, 0.25) is 11.8 Å². The van der Waals surface area contributed by atoms with E-state index in [1.54, 1.807) is 18.7 Å². The molecule has 32 heavy (non-hydrogen) atoms. The van der Waals surface area contributed by atoms with E-state index in [1.807, 2.05) is 31.2 Å². The number of alkyl halides is 2. The SMILES string of the molecule is Cc1cc(N=S(C)(C)=O)cc2ncnc(Cc3cccnc3OC3CCC(F)(F)CC3)c12. The summed E-state index contributed by atoms with van der Waals surface area (Å²) in [5, 5.41) is 0.900. The van der Waals surface area contributed by atoms with Gasteiger partial charge in [-0.2, -0.15) is 4.36 Å². The minimum atomic E-state index is -2.60. The molecule has 1 aromatic carbocycles. The van der Waals surface area contributed by atoms with E-state index < -0.39 is 15.7 Å². The van der Waals surface area contributed by atoms with Crippen LogP contribution in [0.5, 0.6) is 5.88 Å². The number of aromatic nitrogens is 3. The molecule has 1 aliphatic carbocycles. The van der Waals surface area contributed by atoms with Gasteiger partial charge in [-0.25, -0.2) is 27.9 Å². The fraction of sp³-hybridized carbons (Fsp3) is 0.435. The third kappa shape index (κ3) is 5.38. The van der Waals surface area contributed by atoms with Crippen molar-refractivity contribution >= 4 is 26.3 Å². The third-order valence-corrected chi connectivity index (χ3v) is 6.12. The van der Waals surface area contributed by atoms with Gasteiger partial charge in [0.1, 0.15) is 12.4 Å². The van der Waals surface area contributed by atoms with Gasteiger partial charge >= 0.3 is 0 Å². The minimum absolute atomic E-state index is 0.162. The van der Waals surface area contributed by atoms with Crippen LogP contribution in [-0.4, -0.2) is 43.7 Å². The molecule has 1 fully saturated rings. The van der Waals surface area contributed by atoms with Crippen molar-refractivity contribution in [2.24, 2.45) is 4.36 Å². The van der Waals surface area contributed by atoms with Gasteiger partial charge in [0.15, 0.2) is 0 Å². The molecule has 9 heteroatoms. The lowest BCUT2D eigenvalue weighted by molar-refractivity contribution is -0.0589. The second-order valence-electron chi connectivity index (χ2n) is 8.57. The Morgan fingerprint density at radius 1 is 1.19 bits per heavy atom. The average Bonchev–Trinajstić information content (AvgIpc) is 2.69. The van der Waals surface area contributed by atoms with Crippen LogP contribution in [0.1, 0.15) is 42.5 Å². The summed E-state index contributed by atoms with van der Waals surface area (Å²) in [7, 11) is -2.29. The van der Waals surface area contributed by atoms with E-state index in [-0.39, 0.29) is 18.9 Å². The summed E-state index contributed by atoms with van der Waals surface area (Å²) in [6, 6.07) is 7.42. The van der Waals surface area contributed by atoms with E-state index in [2.05, 4.69) is 19.3 Å². The summed E-state index contributed by atoms with van der Waals surface area (Å²) in [5.74, 6) is -2.14. The van der Waals surface area contributed by atoms with E-state index in [4.69, 9.17) is 4.74 Å². The van der Waals surface area contributed by atoms with Gasteiger partial charge in [-0.15, -0.1) is 0 Å². The van der Waals surface area contributed by atoms with E-state index in [0.29, 0.717) is 30.8 Å². The van der Waals surface area contributed by atoms with Crippen molar-refractivity contribution < 1.29 is 17.7 Å². The Morgan fingerprint density at radius 2 is 1.94 bits per heavy atom. The molecule has 6 nitrogen and oxygen atoms in total. The van der Waals surface area contributed by atoms with Crippen molar-refractivity contribution in [3.05, 3.63) is 53.6 Å². The summed E-state index contributed by atoms with van der Waals surface area (Å²) in [4.78, 5) is 13.2. The molecule has 3 aromatic rings. The molecule has 0 saturated heterocycles. The zero-order chi connectivity index (χ0) is 22.9. The van der Waals surface area contributed by atoms with Crippen molar-refractivity contribution in [2.45, 2.75) is 51.1 Å². The molecule has 170 valence electrons. The Balaban J connectivity index is 1.64. The molecule has 0 amide bonds. The van der Waals surface area contributed by atoms with Gasteiger partial charge in [-0.05, 0) is 43.5 Å². The van der Waals surface area contributed by atoms with Crippen molar-refractivity contribution in [2.75, 3.05) is 12.5 Å². The van der Waals surface area contributed by atoms with Crippen LogP contribution in [0.4, 0.5) is 14.5 Å². The Bertz CT molecular complexity index is 1250. The maximum Gasteiger partial charge on any atom is 0.248 e. The molecule has 0 unspecified atom stereocenters. The Labute approximate surface area is 186 Å². The van der Waals surface area contributed by atoms with Crippen molar-refractivity contribution in [3.63, 3.8) is 0 Å². The van der Waals surface area contributed by atoms with E-state index >= 15 is 0 Å². The second-order valence-corrected chi connectivity index (χ2v) is 11.1. The standard InChI is InChI=1S/C23H26F2N4O2S/c1-15-11-17(29-32(2,3)30)13-20-21(15)19(27-14-28-20)12-16-5-4-10-26-22(16)31-18-6-8-23(24,25)9-7-18/h4-5,10-11,13-14,18H,6-9,12H2,1-3H3. The lowest BCUT2D eigenvalue weighted by Gasteiger charge is -2.28. The van der Waals surface area contributed by atoms with Crippen LogP contribution in [-0.2, 0) is 16.1 Å². The number of fused-ring (bicyclic) bond motifs is 1. The lowest BCUT2D eigenvalue weighted by atomic mass is 9.94. The van der Waals surface area contributed by atoms with Crippen LogP contribution in [0.25, 0.3) is 10.9 Å². The first-order chi connectivity index (χ1) is 15.1. The molecular formula is C23H26F2N4O2S. The van der Waals surface area contributed by atoms with Gasteiger partial charge in [0.05, 0.1) is 16.9 Å². The van der Waals surface area contributed by atoms with Gasteiger partial charge in [0, 0.05) is 58.6 Å². The Kier molecular flexibility index (Phi) is 6.11. The highest BCUT2D eigenvalue weighted by Crippen LogP contribution is 2.35. The van der Waals surface area contributed by atoms with Crippen molar-refractivity contribution in [1.29, 1.82) is 0 Å². The summed E-state index contributed by atoms with van der Waals surface area (Å²) < 4.78 is 49.4. The summed E-state index contributed by atoms with van der Waals surface area (Å²) in [6.07, 6.45) is 6.80. The van der Waals surface area contributed by atoms with Crippen LogP contribution in [0.3, 0.4) is 0 Å². The molecule has 2 aromatic heterocycles. The topological polar surface area (TPSA) is 77.3 Å². The molecule has 0 N–H and O–H groups in total. The zero-order valence-corrected chi connectivity index (χ0v) is 19.2. The predicted molar refractivity (Wildman–Crippen MR) is 121 cm³/mol. The number of nitrogens with zero attached hydrogens (tertiary/aromatic N) is 4. The fourth-order valence-corrected chi connectivity index (χ4v) is 4.64. The van der Waals surface area contributed by atoms with Gasteiger partial charge in [0.25, 0.3) is 0 Å². The largest absolute Gasteiger partial charge is 0.474 e. The lowest BCUT2D eigenvalue weighted by Crippen LogP contribution is -2.31.